The molecule has 0 heterocycles. The first-order valence-electron chi connectivity index (χ1n) is 23.6. The number of phosphoric ester groups is 1. The highest BCUT2D eigenvalue weighted by molar-refractivity contribution is 8.00. The number of hydrogen-bond acceptors (Lipinski definition) is 13. The number of phosphoric acid groups is 1. The second-order valence-electron chi connectivity index (χ2n) is 15.7. The van der Waals surface area contributed by atoms with Crippen LogP contribution in [0.5, 0.6) is 0 Å². The quantitative estimate of drug-likeness (QED) is 0.0109. The highest BCUT2D eigenvalue weighted by atomic mass is 32.2. The number of carboxylic acids is 2. The highest BCUT2D eigenvalue weighted by Gasteiger charge is 2.29. The van der Waals surface area contributed by atoms with Gasteiger partial charge < -0.3 is 41.2 Å². The van der Waals surface area contributed by atoms with E-state index in [0.29, 0.717) is 12.8 Å². The molecule has 0 amide bonds. The van der Waals surface area contributed by atoms with Gasteiger partial charge in [-0.3, -0.25) is 28.2 Å². The second kappa shape index (κ2) is 42.7. The third-order valence-corrected chi connectivity index (χ3v) is 12.0. The first-order valence-corrected chi connectivity index (χ1v) is 26.1. The molecule has 8 N–H and O–H groups in total. The molecule has 0 fully saturated rings. The lowest BCUT2D eigenvalue weighted by atomic mass is 10.1. The fourth-order valence-corrected chi connectivity index (χ4v) is 7.66. The van der Waals surface area contributed by atoms with Gasteiger partial charge in [0.2, 0.25) is 0 Å². The van der Waals surface area contributed by atoms with E-state index in [0.717, 1.165) is 32.1 Å². The number of carbonyl (C=O) groups excluding carboxylic acids is 2. The number of aliphatic hydroxyl groups is 1. The fourth-order valence-electron chi connectivity index (χ4n) is 5.76. The normalized spacial score (nSPS) is 15.7. The summed E-state index contributed by atoms with van der Waals surface area (Å²) >= 11 is 1.17. The number of hydrogen-bond donors (Lipinski definition) is 6. The van der Waals surface area contributed by atoms with Gasteiger partial charge in [-0.15, -0.1) is 11.8 Å². The number of aliphatic carboxylic acids is 2. The van der Waals surface area contributed by atoms with Crippen LogP contribution in [0.1, 0.15) is 142 Å². The van der Waals surface area contributed by atoms with Crippen molar-refractivity contribution in [2.75, 3.05) is 25.6 Å². The number of unbranched alkanes of at least 4 members (excludes halogenated alkanes) is 10. The van der Waals surface area contributed by atoms with Gasteiger partial charge in [-0.1, -0.05) is 144 Å². The smallest absolute Gasteiger partial charge is 0.472 e. The molecule has 66 heavy (non-hydrogen) atoms. The van der Waals surface area contributed by atoms with E-state index in [1.54, 1.807) is 18.2 Å². The summed E-state index contributed by atoms with van der Waals surface area (Å²) in [5, 5.41) is 28.3. The van der Waals surface area contributed by atoms with E-state index >= 15 is 0 Å². The molecule has 0 aromatic heterocycles. The zero-order valence-corrected chi connectivity index (χ0v) is 41.1. The summed E-state index contributed by atoms with van der Waals surface area (Å²) in [4.78, 5) is 57.9. The molecule has 15 nitrogen and oxygen atoms in total. The number of thioether (sulfide) groups is 1. The average Bonchev–Trinajstić information content (AvgIpc) is 3.28. The maximum absolute atomic E-state index is 13.0. The minimum absolute atomic E-state index is 0.0117. The number of ether oxygens (including phenoxy) is 2. The number of carboxylic acid groups (broad SMARTS) is 2. The summed E-state index contributed by atoms with van der Waals surface area (Å²) in [5.74, 6) is -4.04. The summed E-state index contributed by atoms with van der Waals surface area (Å²) in [6, 6.07) is -2.81. The van der Waals surface area contributed by atoms with E-state index < -0.39 is 81.1 Å². The van der Waals surface area contributed by atoms with Crippen molar-refractivity contribution in [2.45, 2.75) is 172 Å². The number of aliphatic hydroxyl groups excluding tert-OH is 1. The zero-order chi connectivity index (χ0) is 49.1. The largest absolute Gasteiger partial charge is 0.481 e. The Kier molecular flexibility index (Phi) is 40.4. The molecular formula is C49H81N2O13PS. The van der Waals surface area contributed by atoms with E-state index in [-0.39, 0.29) is 31.4 Å². The monoisotopic (exact) mass is 969 g/mol. The van der Waals surface area contributed by atoms with Crippen molar-refractivity contribution in [1.82, 2.24) is 0 Å². The molecule has 0 rings (SSSR count). The van der Waals surface area contributed by atoms with Crippen molar-refractivity contribution >= 4 is 43.5 Å². The summed E-state index contributed by atoms with van der Waals surface area (Å²) in [6.07, 6.45) is 42.8. The molecule has 376 valence electrons. The number of allylic oxidation sites excluding steroid dienone is 13. The van der Waals surface area contributed by atoms with E-state index in [4.69, 9.17) is 35.7 Å². The lowest BCUT2D eigenvalue weighted by molar-refractivity contribution is -0.161. The molecule has 0 saturated heterocycles. The van der Waals surface area contributed by atoms with Crippen LogP contribution in [0.15, 0.2) is 85.1 Å². The minimum Gasteiger partial charge on any atom is -0.481 e. The summed E-state index contributed by atoms with van der Waals surface area (Å²) < 4.78 is 32.8. The Morgan fingerprint density at radius 3 is 1.82 bits per heavy atom. The fraction of sp³-hybridized carbons (Fsp3) is 0.633. The molecule has 1 unspecified atom stereocenters. The van der Waals surface area contributed by atoms with Crippen LogP contribution in [0.4, 0.5) is 0 Å². The van der Waals surface area contributed by atoms with Crippen molar-refractivity contribution in [1.29, 1.82) is 0 Å². The van der Waals surface area contributed by atoms with Crippen LogP contribution in [-0.2, 0) is 42.3 Å². The summed E-state index contributed by atoms with van der Waals surface area (Å²) in [7, 11) is -4.87. The molecular weight excluding hydrogens is 888 g/mol. The first kappa shape index (κ1) is 62.4. The predicted octanol–water partition coefficient (Wildman–Crippen LogP) is 9.60. The first-order chi connectivity index (χ1) is 31.7. The van der Waals surface area contributed by atoms with Crippen LogP contribution in [0.2, 0.25) is 0 Å². The highest BCUT2D eigenvalue weighted by Crippen LogP contribution is 2.43. The van der Waals surface area contributed by atoms with Gasteiger partial charge in [0, 0.05) is 23.8 Å². The molecule has 0 aromatic rings. The average molecular weight is 969 g/mol. The van der Waals surface area contributed by atoms with Crippen molar-refractivity contribution in [3.8, 4) is 0 Å². The number of rotatable bonds is 43. The van der Waals surface area contributed by atoms with Gasteiger partial charge in [0.25, 0.3) is 0 Å². The lowest BCUT2D eigenvalue weighted by Crippen LogP contribution is -2.38. The standard InChI is InChI=1S/C49H81N2O13PS/c1-3-5-7-9-11-13-15-17-18-19-20-21-23-25-27-29-31-36-47(55)64-41(38-62-65(59,60)63-39-42(50)48(56)57)37-61-49(58)43(51)40-66-45(44(52)33-32-35-46(53)54)34-30-28-26-24-22-16-14-12-10-8-6-4-2/h12,14,17-18,20-22,24-28,30,34,41-45,52H,3-11,13,15-16,19,23,29,31-33,35-40,50-51H2,1-2H3,(H,53,54)(H,56,57)(H,59,60)/b14-12-,18-17-,21-20-,24-22-,27-25-,28-26+,34-30+/t41-,42+,43+,44+,45-/m1/s1. The third kappa shape index (κ3) is 39.6. The van der Waals surface area contributed by atoms with E-state index in [9.17, 15) is 33.7 Å². The Labute approximate surface area is 398 Å². The number of esters is 2. The Balaban J connectivity index is 5.29. The van der Waals surface area contributed by atoms with Crippen LogP contribution in [0.3, 0.4) is 0 Å². The van der Waals surface area contributed by atoms with Gasteiger partial charge in [0.05, 0.1) is 19.3 Å². The Bertz CT molecular complexity index is 1570. The molecule has 0 radical (unpaired) electrons. The predicted molar refractivity (Wildman–Crippen MR) is 264 cm³/mol. The molecule has 0 aliphatic rings. The van der Waals surface area contributed by atoms with Crippen molar-refractivity contribution in [3.63, 3.8) is 0 Å². The minimum atomic E-state index is -4.87. The molecule has 0 bridgehead atoms. The van der Waals surface area contributed by atoms with Crippen LogP contribution < -0.4 is 11.5 Å². The van der Waals surface area contributed by atoms with Gasteiger partial charge >= 0.3 is 31.7 Å². The van der Waals surface area contributed by atoms with Crippen molar-refractivity contribution in [3.05, 3.63) is 85.1 Å². The lowest BCUT2D eigenvalue weighted by Gasteiger charge is -2.22. The summed E-state index contributed by atoms with van der Waals surface area (Å²) in [5.41, 5.74) is 11.5. The zero-order valence-electron chi connectivity index (χ0n) is 39.4. The van der Waals surface area contributed by atoms with Crippen LogP contribution in [0.25, 0.3) is 0 Å². The Morgan fingerprint density at radius 1 is 0.636 bits per heavy atom. The van der Waals surface area contributed by atoms with Gasteiger partial charge in [-0.05, 0) is 70.6 Å². The van der Waals surface area contributed by atoms with Crippen LogP contribution >= 0.6 is 19.6 Å². The van der Waals surface area contributed by atoms with Gasteiger partial charge in [-0.25, -0.2) is 4.57 Å². The number of carbonyl (C=O) groups is 4. The molecule has 0 spiro atoms. The van der Waals surface area contributed by atoms with E-state index in [1.165, 1.54) is 69.5 Å². The molecule has 0 aliphatic heterocycles. The van der Waals surface area contributed by atoms with E-state index in [1.807, 2.05) is 30.4 Å². The van der Waals surface area contributed by atoms with Gasteiger partial charge in [-0.2, -0.15) is 0 Å². The molecule has 0 aromatic carbocycles. The molecule has 0 aliphatic carbocycles. The van der Waals surface area contributed by atoms with Crippen molar-refractivity contribution < 1.29 is 62.5 Å². The maximum Gasteiger partial charge on any atom is 0.472 e. The second-order valence-corrected chi connectivity index (χ2v) is 18.4. The Morgan fingerprint density at radius 2 is 1.18 bits per heavy atom. The van der Waals surface area contributed by atoms with Gasteiger partial charge in [0.15, 0.2) is 6.10 Å². The molecule has 6 atom stereocenters. The van der Waals surface area contributed by atoms with E-state index in [2.05, 4.69) is 54.8 Å². The van der Waals surface area contributed by atoms with Crippen LogP contribution in [0, 0.1) is 0 Å². The third-order valence-electron chi connectivity index (χ3n) is 9.61. The van der Waals surface area contributed by atoms with Gasteiger partial charge in [0.1, 0.15) is 18.7 Å². The van der Waals surface area contributed by atoms with Crippen LogP contribution in [-0.4, -0.2) is 99.2 Å². The Hall–Kier alpha value is -3.60. The SMILES string of the molecule is CCCCC/C=C\C\C=C/C=C/C=C/[C@@H](SC[C@H](N)C(=O)OC[C@H](COP(=O)(O)OC[C@H](N)C(=O)O)OC(=O)CCC/C=C\C/C=C\C/C=C\CCCCCCCC)[C@@H](O)CCCC(=O)O. The number of nitrogens with two attached hydrogens (primary N) is 2. The topological polar surface area (TPSA) is 255 Å². The molecule has 17 heteroatoms. The summed E-state index contributed by atoms with van der Waals surface area (Å²) in [6.45, 7) is 2.19. The van der Waals surface area contributed by atoms with Crippen molar-refractivity contribution in [2.24, 2.45) is 11.5 Å². The molecule has 0 saturated carbocycles. The maximum atomic E-state index is 13.0.